The standard InChI is InChI=1S/C16H15N5OS2/c1-2-4-13-12(3-1)21-14(10-23-13)18-19-15(21)11-9-24-16(17-11)20-5-7-22-8-6-20/h1-4,9H,5-8,10H2. The normalized spacial score (nSPS) is 16.8. The highest BCUT2D eigenvalue weighted by Crippen LogP contribution is 2.37. The highest BCUT2D eigenvalue weighted by molar-refractivity contribution is 7.98. The van der Waals surface area contributed by atoms with Crippen LogP contribution in [0.3, 0.4) is 0 Å². The molecule has 5 rings (SSSR count). The first kappa shape index (κ1) is 14.4. The van der Waals surface area contributed by atoms with Crippen molar-refractivity contribution in [1.82, 2.24) is 19.7 Å². The van der Waals surface area contributed by atoms with Gasteiger partial charge in [0.1, 0.15) is 11.5 Å². The Hall–Kier alpha value is -1.90. The molecule has 3 aromatic rings. The number of hydrogen-bond acceptors (Lipinski definition) is 7. The van der Waals surface area contributed by atoms with Gasteiger partial charge in [-0.2, -0.15) is 0 Å². The van der Waals surface area contributed by atoms with Crippen molar-refractivity contribution < 1.29 is 4.74 Å². The molecule has 4 heterocycles. The van der Waals surface area contributed by atoms with Gasteiger partial charge >= 0.3 is 0 Å². The lowest BCUT2D eigenvalue weighted by molar-refractivity contribution is 0.122. The Morgan fingerprint density at radius 3 is 2.88 bits per heavy atom. The molecule has 1 aromatic carbocycles. The molecule has 2 aliphatic rings. The zero-order valence-corrected chi connectivity index (χ0v) is 14.5. The summed E-state index contributed by atoms with van der Waals surface area (Å²) in [6.45, 7) is 3.31. The van der Waals surface area contributed by atoms with E-state index in [0.717, 1.165) is 60.2 Å². The third-order valence-corrected chi connectivity index (χ3v) is 6.16. The molecule has 2 aromatic heterocycles. The Morgan fingerprint density at radius 1 is 1.08 bits per heavy atom. The summed E-state index contributed by atoms with van der Waals surface area (Å²) >= 11 is 3.46. The highest BCUT2D eigenvalue weighted by Gasteiger charge is 2.24. The van der Waals surface area contributed by atoms with Gasteiger partial charge in [0.05, 0.1) is 24.7 Å². The highest BCUT2D eigenvalue weighted by atomic mass is 32.2. The Balaban J connectivity index is 1.55. The zero-order chi connectivity index (χ0) is 15.9. The molecular formula is C16H15N5OS2. The van der Waals surface area contributed by atoms with Gasteiger partial charge < -0.3 is 9.64 Å². The molecule has 2 aliphatic heterocycles. The Bertz CT molecular complexity index is 884. The number of nitrogens with zero attached hydrogens (tertiary/aromatic N) is 5. The van der Waals surface area contributed by atoms with Crippen molar-refractivity contribution in [3.8, 4) is 17.2 Å². The number of morpholine rings is 1. The summed E-state index contributed by atoms with van der Waals surface area (Å²) in [6.07, 6.45) is 0. The van der Waals surface area contributed by atoms with E-state index in [2.05, 4.69) is 49.3 Å². The number of benzene rings is 1. The second-order valence-corrected chi connectivity index (χ2v) is 7.50. The average molecular weight is 357 g/mol. The van der Waals surface area contributed by atoms with Crippen LogP contribution in [0.15, 0.2) is 34.5 Å². The fourth-order valence-corrected chi connectivity index (χ4v) is 4.81. The molecule has 24 heavy (non-hydrogen) atoms. The summed E-state index contributed by atoms with van der Waals surface area (Å²) in [5, 5.41) is 11.9. The van der Waals surface area contributed by atoms with Gasteiger partial charge in [0, 0.05) is 23.4 Å². The van der Waals surface area contributed by atoms with Crippen LogP contribution in [0.5, 0.6) is 0 Å². The average Bonchev–Trinajstić information content (AvgIpc) is 3.29. The number of ether oxygens (including phenoxy) is 1. The molecule has 0 spiro atoms. The molecule has 1 saturated heterocycles. The van der Waals surface area contributed by atoms with Gasteiger partial charge in [-0.3, -0.25) is 4.57 Å². The fourth-order valence-electron chi connectivity index (χ4n) is 3.00. The van der Waals surface area contributed by atoms with Crippen molar-refractivity contribution in [1.29, 1.82) is 0 Å². The number of para-hydroxylation sites is 1. The smallest absolute Gasteiger partial charge is 0.188 e. The van der Waals surface area contributed by atoms with Gasteiger partial charge in [0.15, 0.2) is 11.0 Å². The number of thioether (sulfide) groups is 1. The van der Waals surface area contributed by atoms with Crippen LogP contribution in [-0.2, 0) is 10.5 Å². The van der Waals surface area contributed by atoms with Crippen molar-refractivity contribution in [2.45, 2.75) is 10.6 Å². The predicted molar refractivity (Wildman–Crippen MR) is 95.1 cm³/mol. The van der Waals surface area contributed by atoms with Gasteiger partial charge in [-0.15, -0.1) is 33.3 Å². The zero-order valence-electron chi connectivity index (χ0n) is 12.9. The van der Waals surface area contributed by atoms with Gasteiger partial charge in [-0.25, -0.2) is 4.98 Å². The molecule has 8 heteroatoms. The van der Waals surface area contributed by atoms with Gasteiger partial charge in [0.25, 0.3) is 0 Å². The maximum Gasteiger partial charge on any atom is 0.188 e. The SMILES string of the molecule is c1ccc2c(c1)SCc1nnc(-c3csc(N4CCOCC4)n3)n1-2. The fraction of sp³-hybridized carbons (Fsp3) is 0.312. The second kappa shape index (κ2) is 5.87. The molecule has 0 unspecified atom stereocenters. The maximum atomic E-state index is 5.42. The molecule has 6 nitrogen and oxygen atoms in total. The summed E-state index contributed by atoms with van der Waals surface area (Å²) in [5.74, 6) is 2.65. The van der Waals surface area contributed by atoms with Crippen molar-refractivity contribution >= 4 is 28.2 Å². The van der Waals surface area contributed by atoms with Gasteiger partial charge in [-0.05, 0) is 12.1 Å². The number of aromatic nitrogens is 4. The monoisotopic (exact) mass is 357 g/mol. The van der Waals surface area contributed by atoms with Crippen LogP contribution in [0.4, 0.5) is 5.13 Å². The largest absolute Gasteiger partial charge is 0.378 e. The molecule has 0 N–H and O–H groups in total. The first-order valence-corrected chi connectivity index (χ1v) is 9.72. The number of anilines is 1. The Morgan fingerprint density at radius 2 is 1.96 bits per heavy atom. The molecule has 0 radical (unpaired) electrons. The van der Waals surface area contributed by atoms with Crippen molar-refractivity contribution in [3.63, 3.8) is 0 Å². The number of hydrogen-bond donors (Lipinski definition) is 0. The van der Waals surface area contributed by atoms with Crippen LogP contribution in [0.2, 0.25) is 0 Å². The Kier molecular flexibility index (Phi) is 3.53. The quantitative estimate of drug-likeness (QED) is 0.703. The molecule has 0 atom stereocenters. The van der Waals surface area contributed by atoms with E-state index >= 15 is 0 Å². The van der Waals surface area contributed by atoms with Crippen LogP contribution in [-0.4, -0.2) is 46.1 Å². The number of fused-ring (bicyclic) bond motifs is 3. The van der Waals surface area contributed by atoms with Crippen LogP contribution >= 0.6 is 23.1 Å². The van der Waals surface area contributed by atoms with E-state index in [1.165, 1.54) is 4.90 Å². The predicted octanol–water partition coefficient (Wildman–Crippen LogP) is 2.83. The van der Waals surface area contributed by atoms with E-state index in [0.29, 0.717) is 0 Å². The lowest BCUT2D eigenvalue weighted by atomic mass is 10.3. The van der Waals surface area contributed by atoms with E-state index in [1.807, 2.05) is 0 Å². The molecule has 0 aliphatic carbocycles. The lowest BCUT2D eigenvalue weighted by Crippen LogP contribution is -2.36. The van der Waals surface area contributed by atoms with E-state index in [4.69, 9.17) is 9.72 Å². The summed E-state index contributed by atoms with van der Waals surface area (Å²) in [4.78, 5) is 8.35. The third-order valence-electron chi connectivity index (χ3n) is 4.20. The maximum absolute atomic E-state index is 5.42. The minimum Gasteiger partial charge on any atom is -0.378 e. The van der Waals surface area contributed by atoms with E-state index in [-0.39, 0.29) is 0 Å². The van der Waals surface area contributed by atoms with E-state index < -0.39 is 0 Å². The Labute approximate surface area is 147 Å². The third kappa shape index (κ3) is 2.33. The van der Waals surface area contributed by atoms with Crippen LogP contribution in [0, 0.1) is 0 Å². The lowest BCUT2D eigenvalue weighted by Gasteiger charge is -2.26. The first-order valence-electron chi connectivity index (χ1n) is 7.85. The molecule has 0 amide bonds. The van der Waals surface area contributed by atoms with E-state index in [1.54, 1.807) is 23.1 Å². The molecule has 0 saturated carbocycles. The van der Waals surface area contributed by atoms with Crippen molar-refractivity contribution in [2.24, 2.45) is 0 Å². The minimum atomic E-state index is 0.764. The molecule has 0 bridgehead atoms. The van der Waals surface area contributed by atoms with Gasteiger partial charge in [-0.1, -0.05) is 12.1 Å². The van der Waals surface area contributed by atoms with Crippen LogP contribution < -0.4 is 4.90 Å². The van der Waals surface area contributed by atoms with E-state index in [9.17, 15) is 0 Å². The molecule has 122 valence electrons. The first-order chi connectivity index (χ1) is 11.9. The van der Waals surface area contributed by atoms with Crippen LogP contribution in [0.1, 0.15) is 5.82 Å². The molecule has 1 fully saturated rings. The number of rotatable bonds is 2. The topological polar surface area (TPSA) is 56.1 Å². The summed E-state index contributed by atoms with van der Waals surface area (Å²) < 4.78 is 7.56. The summed E-state index contributed by atoms with van der Waals surface area (Å²) in [6, 6.07) is 8.39. The minimum absolute atomic E-state index is 0.764. The summed E-state index contributed by atoms with van der Waals surface area (Å²) in [7, 11) is 0. The molecular weight excluding hydrogens is 342 g/mol. The van der Waals surface area contributed by atoms with Gasteiger partial charge in [0.2, 0.25) is 0 Å². The van der Waals surface area contributed by atoms with Crippen molar-refractivity contribution in [3.05, 3.63) is 35.5 Å². The number of thiazole rings is 1. The second-order valence-electron chi connectivity index (χ2n) is 5.65. The van der Waals surface area contributed by atoms with Crippen LogP contribution in [0.25, 0.3) is 17.2 Å². The van der Waals surface area contributed by atoms with Crippen molar-refractivity contribution in [2.75, 3.05) is 31.2 Å². The summed E-state index contributed by atoms with van der Waals surface area (Å²) in [5.41, 5.74) is 2.03.